The molecule has 7 nitrogen and oxygen atoms in total. The van der Waals surface area contributed by atoms with Gasteiger partial charge in [0.2, 0.25) is 0 Å². The first kappa shape index (κ1) is 22.2. The van der Waals surface area contributed by atoms with Gasteiger partial charge < -0.3 is 14.4 Å². The fourth-order valence-corrected chi connectivity index (χ4v) is 5.56. The molecule has 7 heteroatoms. The number of Topliss-reactive ketones (excluding diaryl/α,β-unsaturated/α-hetero) is 1. The van der Waals surface area contributed by atoms with E-state index in [0.29, 0.717) is 17.9 Å². The molecule has 34 heavy (non-hydrogen) atoms. The van der Waals surface area contributed by atoms with Crippen LogP contribution < -0.4 is 9.47 Å². The Morgan fingerprint density at radius 2 is 1.82 bits per heavy atom. The number of carbonyl (C=O) groups excluding carboxylic acids is 1. The second-order valence-corrected chi connectivity index (χ2v) is 9.95. The zero-order valence-corrected chi connectivity index (χ0v) is 19.9. The number of nitrogens with zero attached hydrogens (tertiary/aromatic N) is 2. The van der Waals surface area contributed by atoms with Crippen LogP contribution in [-0.4, -0.2) is 36.4 Å². The van der Waals surface area contributed by atoms with Gasteiger partial charge in [0.1, 0.15) is 0 Å². The van der Waals surface area contributed by atoms with Crippen LogP contribution in [0.3, 0.4) is 0 Å². The molecule has 2 aromatic carbocycles. The number of benzene rings is 2. The lowest BCUT2D eigenvalue weighted by Gasteiger charge is -2.46. The van der Waals surface area contributed by atoms with E-state index in [0.717, 1.165) is 53.0 Å². The number of methoxy groups -OCH3 is 2. The number of rotatable bonds is 4. The van der Waals surface area contributed by atoms with Gasteiger partial charge in [-0.2, -0.15) is 0 Å². The molecule has 0 saturated carbocycles. The molecule has 0 aromatic heterocycles. The lowest BCUT2D eigenvalue weighted by atomic mass is 9.69. The van der Waals surface area contributed by atoms with Crippen molar-refractivity contribution < 1.29 is 19.2 Å². The third kappa shape index (κ3) is 3.56. The maximum Gasteiger partial charge on any atom is 0.269 e. The predicted molar refractivity (Wildman–Crippen MR) is 129 cm³/mol. The standard InChI is InChI=1S/C27H28N2O5/c1-27(2)14-22-26(23(30)15-27)20(16-6-5-7-18(10-16)29(31)32)12-21-19-13-25(34-4)24(33-3)11-17(19)8-9-28(21)22/h5-7,10-13,20H,8-9,14-15H2,1-4H3/t20-/m1/s1. The van der Waals surface area contributed by atoms with Gasteiger partial charge >= 0.3 is 0 Å². The minimum Gasteiger partial charge on any atom is -0.493 e. The number of carbonyl (C=O) groups is 1. The van der Waals surface area contributed by atoms with Crippen LogP contribution >= 0.6 is 0 Å². The summed E-state index contributed by atoms with van der Waals surface area (Å²) in [7, 11) is 3.25. The minimum atomic E-state index is -0.389. The number of non-ortho nitro benzene ring substituents is 1. The van der Waals surface area contributed by atoms with E-state index in [9.17, 15) is 14.9 Å². The van der Waals surface area contributed by atoms with Crippen molar-refractivity contribution in [1.29, 1.82) is 0 Å². The van der Waals surface area contributed by atoms with Crippen molar-refractivity contribution in [3.05, 3.63) is 80.5 Å². The second-order valence-electron chi connectivity index (χ2n) is 9.95. The highest BCUT2D eigenvalue weighted by Crippen LogP contribution is 2.51. The molecule has 1 aliphatic carbocycles. The number of fused-ring (bicyclic) bond motifs is 4. The van der Waals surface area contributed by atoms with E-state index in [1.165, 1.54) is 6.07 Å². The Bertz CT molecular complexity index is 1270. The molecule has 3 aliphatic rings. The molecule has 1 atom stereocenters. The normalized spacial score (nSPS) is 20.7. The fraction of sp³-hybridized carbons (Fsp3) is 0.370. The van der Waals surface area contributed by atoms with Crippen molar-refractivity contribution in [1.82, 2.24) is 4.90 Å². The summed E-state index contributed by atoms with van der Waals surface area (Å²) in [4.78, 5) is 26.8. The van der Waals surface area contributed by atoms with E-state index < -0.39 is 0 Å². The van der Waals surface area contributed by atoms with Gasteiger partial charge in [0.05, 0.1) is 19.1 Å². The third-order valence-electron chi connectivity index (χ3n) is 7.08. The van der Waals surface area contributed by atoms with Crippen LogP contribution in [0.1, 0.15) is 49.3 Å². The van der Waals surface area contributed by atoms with E-state index in [-0.39, 0.29) is 27.7 Å². The molecule has 176 valence electrons. The van der Waals surface area contributed by atoms with Crippen LogP contribution in [0.4, 0.5) is 5.69 Å². The smallest absolute Gasteiger partial charge is 0.269 e. The third-order valence-corrected chi connectivity index (χ3v) is 7.08. The average Bonchev–Trinajstić information content (AvgIpc) is 2.81. The van der Waals surface area contributed by atoms with Gasteiger partial charge in [-0.15, -0.1) is 0 Å². The molecule has 0 spiro atoms. The topological polar surface area (TPSA) is 81.9 Å². The summed E-state index contributed by atoms with van der Waals surface area (Å²) >= 11 is 0. The fourth-order valence-electron chi connectivity index (χ4n) is 5.56. The molecule has 2 aliphatic heterocycles. The molecule has 2 aromatic rings. The largest absolute Gasteiger partial charge is 0.493 e. The van der Waals surface area contributed by atoms with Gasteiger partial charge in [-0.25, -0.2) is 0 Å². The van der Waals surface area contributed by atoms with Crippen molar-refractivity contribution in [3.63, 3.8) is 0 Å². The van der Waals surface area contributed by atoms with Crippen LogP contribution in [0, 0.1) is 15.5 Å². The molecular weight excluding hydrogens is 432 g/mol. The zero-order valence-electron chi connectivity index (χ0n) is 19.9. The molecule has 2 heterocycles. The number of allylic oxidation sites excluding steroid dienone is 3. The highest BCUT2D eigenvalue weighted by atomic mass is 16.6. The molecule has 0 unspecified atom stereocenters. The van der Waals surface area contributed by atoms with E-state index in [1.807, 2.05) is 18.2 Å². The number of ketones is 1. The highest BCUT2D eigenvalue weighted by molar-refractivity contribution is 6.01. The summed E-state index contributed by atoms with van der Waals surface area (Å²) in [6.45, 7) is 5.01. The van der Waals surface area contributed by atoms with Gasteiger partial charge in [0.15, 0.2) is 17.3 Å². The summed E-state index contributed by atoms with van der Waals surface area (Å²) in [6.07, 6.45) is 4.16. The number of hydrogen-bond acceptors (Lipinski definition) is 6. The molecule has 0 saturated heterocycles. The summed E-state index contributed by atoms with van der Waals surface area (Å²) in [5.41, 5.74) is 5.66. The van der Waals surface area contributed by atoms with Crippen LogP contribution in [-0.2, 0) is 11.2 Å². The van der Waals surface area contributed by atoms with E-state index in [2.05, 4.69) is 24.8 Å². The maximum atomic E-state index is 13.5. The van der Waals surface area contributed by atoms with Crippen molar-refractivity contribution in [2.45, 2.75) is 39.0 Å². The van der Waals surface area contributed by atoms with Gasteiger partial charge in [-0.05, 0) is 47.6 Å². The van der Waals surface area contributed by atoms with Crippen molar-refractivity contribution in [2.24, 2.45) is 5.41 Å². The minimum absolute atomic E-state index is 0.0273. The van der Waals surface area contributed by atoms with Gasteiger partial charge in [0, 0.05) is 53.5 Å². The number of nitro groups is 1. The quantitative estimate of drug-likeness (QED) is 0.458. The van der Waals surface area contributed by atoms with Crippen molar-refractivity contribution >= 4 is 17.2 Å². The number of ether oxygens (including phenoxy) is 2. The van der Waals surface area contributed by atoms with Crippen LogP contribution in [0.2, 0.25) is 0 Å². The van der Waals surface area contributed by atoms with Crippen molar-refractivity contribution in [2.75, 3.05) is 20.8 Å². The van der Waals surface area contributed by atoms with Gasteiger partial charge in [-0.1, -0.05) is 26.0 Å². The summed E-state index contributed by atoms with van der Waals surface area (Å²) in [5.74, 6) is 1.12. The summed E-state index contributed by atoms with van der Waals surface area (Å²) in [6, 6.07) is 10.7. The Labute approximate surface area is 198 Å². The predicted octanol–water partition coefficient (Wildman–Crippen LogP) is 5.25. The lowest BCUT2D eigenvalue weighted by Crippen LogP contribution is -2.40. The van der Waals surface area contributed by atoms with Gasteiger partial charge in [0.25, 0.3) is 5.69 Å². The SMILES string of the molecule is COc1cc2c(cc1OC)C1=C[C@H](c3cccc([N+](=O)[O-])c3)C3=C(CC(C)(C)CC3=O)N1CC2. The molecule has 0 radical (unpaired) electrons. The Hall–Kier alpha value is -3.61. The summed E-state index contributed by atoms with van der Waals surface area (Å²) < 4.78 is 11.1. The maximum absolute atomic E-state index is 13.5. The molecule has 0 N–H and O–H groups in total. The summed E-state index contributed by atoms with van der Waals surface area (Å²) in [5, 5.41) is 11.5. The van der Waals surface area contributed by atoms with Crippen LogP contribution in [0.15, 0.2) is 53.7 Å². The molecule has 0 amide bonds. The number of nitro benzene ring substituents is 1. The zero-order chi connectivity index (χ0) is 24.2. The average molecular weight is 461 g/mol. The first-order chi connectivity index (χ1) is 16.2. The Balaban J connectivity index is 1.72. The van der Waals surface area contributed by atoms with E-state index in [1.54, 1.807) is 26.4 Å². The number of hydrogen-bond donors (Lipinski definition) is 0. The van der Waals surface area contributed by atoms with E-state index >= 15 is 0 Å². The molecular formula is C27H28N2O5. The molecule has 0 bridgehead atoms. The molecule has 0 fully saturated rings. The van der Waals surface area contributed by atoms with Gasteiger partial charge in [-0.3, -0.25) is 14.9 Å². The van der Waals surface area contributed by atoms with Crippen LogP contribution in [0.25, 0.3) is 5.70 Å². The first-order valence-corrected chi connectivity index (χ1v) is 11.5. The van der Waals surface area contributed by atoms with Crippen LogP contribution in [0.5, 0.6) is 11.5 Å². The molecule has 5 rings (SSSR count). The van der Waals surface area contributed by atoms with Crippen molar-refractivity contribution in [3.8, 4) is 11.5 Å². The second kappa shape index (κ2) is 8.01. The highest BCUT2D eigenvalue weighted by Gasteiger charge is 2.43. The Morgan fingerprint density at radius 1 is 1.09 bits per heavy atom. The Kier molecular flexibility index (Phi) is 5.23. The first-order valence-electron chi connectivity index (χ1n) is 11.5. The monoisotopic (exact) mass is 460 g/mol. The lowest BCUT2D eigenvalue weighted by molar-refractivity contribution is -0.384. The Morgan fingerprint density at radius 3 is 2.53 bits per heavy atom. The van der Waals surface area contributed by atoms with E-state index in [4.69, 9.17) is 9.47 Å².